The van der Waals surface area contributed by atoms with E-state index in [0.29, 0.717) is 30.3 Å². The number of piperazine rings is 1. The van der Waals surface area contributed by atoms with E-state index in [9.17, 15) is 4.79 Å². The summed E-state index contributed by atoms with van der Waals surface area (Å²) in [6.45, 7) is 7.21. The fraction of sp³-hybridized carbons (Fsp3) is 0.381. The first-order valence-corrected chi connectivity index (χ1v) is 9.11. The third kappa shape index (κ3) is 4.45. The predicted octanol–water partition coefficient (Wildman–Crippen LogP) is 3.67. The quantitative estimate of drug-likeness (QED) is 0.893. The first kappa shape index (κ1) is 18.9. The van der Waals surface area contributed by atoms with Gasteiger partial charge in [-0.05, 0) is 49.2 Å². The number of nitrogens with zero attached hydrogens (tertiary/aromatic N) is 2. The van der Waals surface area contributed by atoms with Gasteiger partial charge in [-0.25, -0.2) is 4.79 Å². The fourth-order valence-corrected chi connectivity index (χ4v) is 3.40. The van der Waals surface area contributed by atoms with Gasteiger partial charge in [-0.15, -0.1) is 0 Å². The number of hydrogen-bond donors (Lipinski definition) is 1. The maximum atomic E-state index is 12.7. The molecule has 0 saturated carbocycles. The van der Waals surface area contributed by atoms with Crippen LogP contribution >= 0.6 is 0 Å². The molecule has 1 N–H and O–H groups in total. The molecule has 2 amide bonds. The molecule has 6 nitrogen and oxygen atoms in total. The van der Waals surface area contributed by atoms with Gasteiger partial charge in [-0.1, -0.05) is 6.07 Å². The zero-order valence-corrected chi connectivity index (χ0v) is 16.4. The number of aryl methyl sites for hydroxylation is 2. The highest BCUT2D eigenvalue weighted by Gasteiger charge is 2.22. The number of urea groups is 1. The summed E-state index contributed by atoms with van der Waals surface area (Å²) in [5.74, 6) is 1.27. The molecule has 1 heterocycles. The molecule has 27 heavy (non-hydrogen) atoms. The summed E-state index contributed by atoms with van der Waals surface area (Å²) in [4.78, 5) is 16.8. The molecular weight excluding hydrogens is 342 g/mol. The summed E-state index contributed by atoms with van der Waals surface area (Å²) in [5, 5.41) is 2.94. The molecule has 0 unspecified atom stereocenters. The average Bonchev–Trinajstić information content (AvgIpc) is 2.67. The van der Waals surface area contributed by atoms with Crippen molar-refractivity contribution in [3.05, 3.63) is 47.5 Å². The van der Waals surface area contributed by atoms with Crippen molar-refractivity contribution in [2.45, 2.75) is 13.8 Å². The van der Waals surface area contributed by atoms with Crippen LogP contribution in [0.2, 0.25) is 0 Å². The molecule has 0 atom stereocenters. The predicted molar refractivity (Wildman–Crippen MR) is 108 cm³/mol. The number of benzene rings is 2. The number of anilines is 2. The summed E-state index contributed by atoms with van der Waals surface area (Å²) in [5.41, 5.74) is 4.39. The lowest BCUT2D eigenvalue weighted by molar-refractivity contribution is 0.208. The van der Waals surface area contributed by atoms with E-state index in [-0.39, 0.29) is 6.03 Å². The second-order valence-corrected chi connectivity index (χ2v) is 6.82. The number of methoxy groups -OCH3 is 2. The van der Waals surface area contributed by atoms with Gasteiger partial charge in [0.2, 0.25) is 0 Å². The molecule has 144 valence electrons. The zero-order valence-electron chi connectivity index (χ0n) is 16.4. The van der Waals surface area contributed by atoms with Gasteiger partial charge in [0.25, 0.3) is 0 Å². The van der Waals surface area contributed by atoms with E-state index in [1.807, 2.05) is 4.90 Å². The van der Waals surface area contributed by atoms with Crippen molar-refractivity contribution in [2.75, 3.05) is 50.6 Å². The molecule has 1 aliphatic heterocycles. The Labute approximate surface area is 160 Å². The molecule has 0 aromatic heterocycles. The van der Waals surface area contributed by atoms with Gasteiger partial charge in [0.1, 0.15) is 11.5 Å². The normalized spacial score (nSPS) is 14.1. The van der Waals surface area contributed by atoms with Crippen LogP contribution < -0.4 is 19.7 Å². The van der Waals surface area contributed by atoms with E-state index in [1.54, 1.807) is 32.4 Å². The smallest absolute Gasteiger partial charge is 0.322 e. The molecule has 1 saturated heterocycles. The van der Waals surface area contributed by atoms with Gasteiger partial charge in [0.05, 0.1) is 19.9 Å². The Morgan fingerprint density at radius 2 is 1.59 bits per heavy atom. The molecule has 3 rings (SSSR count). The molecule has 2 aromatic carbocycles. The van der Waals surface area contributed by atoms with Crippen LogP contribution in [0.1, 0.15) is 11.1 Å². The molecule has 1 aliphatic rings. The molecule has 2 aromatic rings. The van der Waals surface area contributed by atoms with Crippen LogP contribution in [0.4, 0.5) is 16.2 Å². The highest BCUT2D eigenvalue weighted by Crippen LogP contribution is 2.29. The number of carbonyl (C=O) groups excluding carboxylic acids is 1. The third-order valence-electron chi connectivity index (χ3n) is 4.79. The van der Waals surface area contributed by atoms with E-state index in [1.165, 1.54) is 16.8 Å². The Morgan fingerprint density at radius 1 is 0.926 bits per heavy atom. The number of hydrogen-bond acceptors (Lipinski definition) is 4. The van der Waals surface area contributed by atoms with Crippen LogP contribution in [-0.4, -0.2) is 51.3 Å². The number of amides is 2. The topological polar surface area (TPSA) is 54.0 Å². The first-order chi connectivity index (χ1) is 13.0. The Kier molecular flexibility index (Phi) is 5.74. The minimum absolute atomic E-state index is 0.112. The monoisotopic (exact) mass is 369 g/mol. The van der Waals surface area contributed by atoms with Crippen LogP contribution in [0, 0.1) is 13.8 Å². The van der Waals surface area contributed by atoms with Crippen LogP contribution in [0.3, 0.4) is 0 Å². The van der Waals surface area contributed by atoms with E-state index in [2.05, 4.69) is 42.3 Å². The fourth-order valence-electron chi connectivity index (χ4n) is 3.40. The SMILES string of the molecule is COc1ccc(NC(=O)N2CCN(c3cc(C)cc(C)c3)CC2)c(OC)c1. The Balaban J connectivity index is 1.62. The van der Waals surface area contributed by atoms with Crippen LogP contribution in [-0.2, 0) is 0 Å². The van der Waals surface area contributed by atoms with Crippen molar-refractivity contribution in [1.82, 2.24) is 4.90 Å². The van der Waals surface area contributed by atoms with Crippen molar-refractivity contribution in [2.24, 2.45) is 0 Å². The van der Waals surface area contributed by atoms with Crippen LogP contribution in [0.15, 0.2) is 36.4 Å². The molecule has 0 spiro atoms. The Bertz CT molecular complexity index is 794. The minimum Gasteiger partial charge on any atom is -0.497 e. The lowest BCUT2D eigenvalue weighted by Crippen LogP contribution is -2.50. The Hall–Kier alpha value is -2.89. The van der Waals surface area contributed by atoms with E-state index in [4.69, 9.17) is 9.47 Å². The van der Waals surface area contributed by atoms with Gasteiger partial charge in [-0.2, -0.15) is 0 Å². The highest BCUT2D eigenvalue weighted by molar-refractivity contribution is 5.91. The summed E-state index contributed by atoms with van der Waals surface area (Å²) < 4.78 is 10.5. The van der Waals surface area contributed by atoms with Gasteiger partial charge >= 0.3 is 6.03 Å². The van der Waals surface area contributed by atoms with Crippen molar-refractivity contribution >= 4 is 17.4 Å². The number of nitrogens with one attached hydrogen (secondary N) is 1. The molecule has 6 heteroatoms. The molecule has 1 fully saturated rings. The van der Waals surface area contributed by atoms with Crippen molar-refractivity contribution < 1.29 is 14.3 Å². The number of carbonyl (C=O) groups is 1. The minimum atomic E-state index is -0.112. The second kappa shape index (κ2) is 8.20. The summed E-state index contributed by atoms with van der Waals surface area (Å²) >= 11 is 0. The van der Waals surface area contributed by atoms with E-state index in [0.717, 1.165) is 13.1 Å². The lowest BCUT2D eigenvalue weighted by Gasteiger charge is -2.36. The zero-order chi connectivity index (χ0) is 19.4. The van der Waals surface area contributed by atoms with Gasteiger partial charge in [0, 0.05) is 37.9 Å². The maximum absolute atomic E-state index is 12.7. The summed E-state index contributed by atoms with van der Waals surface area (Å²) in [6, 6.07) is 11.8. The van der Waals surface area contributed by atoms with Crippen LogP contribution in [0.25, 0.3) is 0 Å². The van der Waals surface area contributed by atoms with Gasteiger partial charge in [0.15, 0.2) is 0 Å². The lowest BCUT2D eigenvalue weighted by atomic mass is 10.1. The number of rotatable bonds is 4. The van der Waals surface area contributed by atoms with Gasteiger partial charge in [-0.3, -0.25) is 0 Å². The average molecular weight is 369 g/mol. The van der Waals surface area contributed by atoms with Crippen molar-refractivity contribution in [3.8, 4) is 11.5 Å². The number of ether oxygens (including phenoxy) is 2. The standard InChI is InChI=1S/C21H27N3O3/c1-15-11-16(2)13-17(12-15)23-7-9-24(10-8-23)21(25)22-19-6-5-18(26-3)14-20(19)27-4/h5-6,11-14H,7-10H2,1-4H3,(H,22,25). The van der Waals surface area contributed by atoms with E-state index >= 15 is 0 Å². The third-order valence-corrected chi connectivity index (χ3v) is 4.79. The molecule has 0 radical (unpaired) electrons. The van der Waals surface area contributed by atoms with Crippen molar-refractivity contribution in [1.29, 1.82) is 0 Å². The summed E-state index contributed by atoms with van der Waals surface area (Å²) in [6.07, 6.45) is 0. The van der Waals surface area contributed by atoms with Crippen molar-refractivity contribution in [3.63, 3.8) is 0 Å². The Morgan fingerprint density at radius 3 is 2.19 bits per heavy atom. The molecular formula is C21H27N3O3. The summed E-state index contributed by atoms with van der Waals surface area (Å²) in [7, 11) is 3.18. The van der Waals surface area contributed by atoms with Crippen LogP contribution in [0.5, 0.6) is 11.5 Å². The van der Waals surface area contributed by atoms with Gasteiger partial charge < -0.3 is 24.6 Å². The molecule has 0 bridgehead atoms. The molecule has 0 aliphatic carbocycles. The maximum Gasteiger partial charge on any atom is 0.322 e. The first-order valence-electron chi connectivity index (χ1n) is 9.11. The second-order valence-electron chi connectivity index (χ2n) is 6.82. The largest absolute Gasteiger partial charge is 0.497 e. The van der Waals surface area contributed by atoms with E-state index < -0.39 is 0 Å². The highest BCUT2D eigenvalue weighted by atomic mass is 16.5.